The van der Waals surface area contributed by atoms with Gasteiger partial charge in [0, 0.05) is 5.41 Å². The standard InChI is InChI=1S/C27H52O4.Mg/c1-3-5-7-9-11-13-15-17-19-21-23-27(25(28)29,26(30)31)24-22-20-18-16-14-12-10-8-6-4-2;/h3-24H2,1-2H3,(H,28,29)(H,30,31);/q;+2/p-2. The molecule has 0 aliphatic heterocycles. The maximum atomic E-state index is 11.7. The number of carboxylic acid groups (broad SMARTS) is 2. The first-order chi connectivity index (χ1) is 15.0. The summed E-state index contributed by atoms with van der Waals surface area (Å²) in [7, 11) is 0. The van der Waals surface area contributed by atoms with Crippen molar-refractivity contribution in [1.82, 2.24) is 0 Å². The number of hydrogen-bond donors (Lipinski definition) is 0. The summed E-state index contributed by atoms with van der Waals surface area (Å²) in [5, 5.41) is 23.4. The molecule has 4 nitrogen and oxygen atoms in total. The average molecular weight is 463 g/mol. The van der Waals surface area contributed by atoms with Crippen LogP contribution in [-0.4, -0.2) is 35.0 Å². The summed E-state index contributed by atoms with van der Waals surface area (Å²) in [6.45, 7) is 4.44. The number of unbranched alkanes of at least 4 members (excludes halogenated alkanes) is 18. The van der Waals surface area contributed by atoms with E-state index in [9.17, 15) is 19.8 Å². The fraction of sp³-hybridized carbons (Fsp3) is 0.926. The van der Waals surface area contributed by atoms with Crippen molar-refractivity contribution in [1.29, 1.82) is 0 Å². The predicted molar refractivity (Wildman–Crippen MR) is 131 cm³/mol. The molecule has 0 aromatic carbocycles. The van der Waals surface area contributed by atoms with Crippen LogP contribution in [0.4, 0.5) is 0 Å². The van der Waals surface area contributed by atoms with Gasteiger partial charge in [0.05, 0.1) is 11.9 Å². The van der Waals surface area contributed by atoms with Crippen molar-refractivity contribution >= 4 is 35.0 Å². The number of rotatable bonds is 24. The molecule has 184 valence electrons. The van der Waals surface area contributed by atoms with Crippen LogP contribution in [0.5, 0.6) is 0 Å². The molecule has 0 aromatic rings. The van der Waals surface area contributed by atoms with Crippen molar-refractivity contribution in [2.45, 2.75) is 155 Å². The van der Waals surface area contributed by atoms with E-state index in [1.54, 1.807) is 0 Å². The minimum Gasteiger partial charge on any atom is -0.549 e. The van der Waals surface area contributed by atoms with Crippen molar-refractivity contribution in [3.63, 3.8) is 0 Å². The molecule has 0 unspecified atom stereocenters. The smallest absolute Gasteiger partial charge is 0.549 e. The zero-order valence-electron chi connectivity index (χ0n) is 21.4. The van der Waals surface area contributed by atoms with Crippen LogP contribution in [0.3, 0.4) is 0 Å². The molecular weight excluding hydrogens is 413 g/mol. The fourth-order valence-electron chi connectivity index (χ4n) is 4.45. The molecule has 32 heavy (non-hydrogen) atoms. The average Bonchev–Trinajstić information content (AvgIpc) is 2.74. The van der Waals surface area contributed by atoms with Gasteiger partial charge < -0.3 is 19.8 Å². The molecule has 0 atom stereocenters. The largest absolute Gasteiger partial charge is 2.00 e. The third-order valence-corrected chi connectivity index (χ3v) is 6.70. The van der Waals surface area contributed by atoms with Crippen LogP contribution in [0, 0.1) is 5.41 Å². The van der Waals surface area contributed by atoms with Gasteiger partial charge in [0.2, 0.25) is 0 Å². The Labute approximate surface area is 214 Å². The molecule has 0 fully saturated rings. The Morgan fingerprint density at radius 3 is 0.906 bits per heavy atom. The van der Waals surface area contributed by atoms with E-state index in [1.165, 1.54) is 77.0 Å². The Balaban J connectivity index is 0. The topological polar surface area (TPSA) is 80.3 Å². The first kappa shape index (κ1) is 33.9. The monoisotopic (exact) mass is 462 g/mol. The van der Waals surface area contributed by atoms with Gasteiger partial charge in [-0.15, -0.1) is 0 Å². The van der Waals surface area contributed by atoms with Gasteiger partial charge in [-0.1, -0.05) is 142 Å². The zero-order chi connectivity index (χ0) is 23.2. The summed E-state index contributed by atoms with van der Waals surface area (Å²) in [5.41, 5.74) is -1.81. The summed E-state index contributed by atoms with van der Waals surface area (Å²) in [6.07, 6.45) is 23.0. The van der Waals surface area contributed by atoms with Gasteiger partial charge >= 0.3 is 23.1 Å². The summed E-state index contributed by atoms with van der Waals surface area (Å²) in [5.74, 6) is -2.92. The van der Waals surface area contributed by atoms with Gasteiger partial charge in [0.1, 0.15) is 0 Å². The quantitative estimate of drug-likeness (QED) is 0.104. The van der Waals surface area contributed by atoms with E-state index in [2.05, 4.69) is 13.8 Å². The molecule has 0 N–H and O–H groups in total. The molecular formula is C27H50MgO4. The minimum absolute atomic E-state index is 0. The molecule has 0 spiro atoms. The normalized spacial score (nSPS) is 11.3. The summed E-state index contributed by atoms with van der Waals surface area (Å²) >= 11 is 0. The van der Waals surface area contributed by atoms with Gasteiger partial charge in [-0.05, 0) is 12.8 Å². The van der Waals surface area contributed by atoms with E-state index in [0.29, 0.717) is 12.8 Å². The van der Waals surface area contributed by atoms with E-state index in [1.807, 2.05) is 0 Å². The van der Waals surface area contributed by atoms with Gasteiger partial charge in [-0.25, -0.2) is 0 Å². The summed E-state index contributed by atoms with van der Waals surface area (Å²) in [4.78, 5) is 23.4. The van der Waals surface area contributed by atoms with Crippen LogP contribution in [0.1, 0.15) is 155 Å². The molecule has 0 saturated carbocycles. The second-order valence-electron chi connectivity index (χ2n) is 9.52. The molecule has 0 rings (SSSR count). The number of hydrogen-bond acceptors (Lipinski definition) is 4. The van der Waals surface area contributed by atoms with Crippen LogP contribution >= 0.6 is 0 Å². The van der Waals surface area contributed by atoms with Crippen molar-refractivity contribution < 1.29 is 19.8 Å². The van der Waals surface area contributed by atoms with E-state index in [0.717, 1.165) is 38.5 Å². The maximum Gasteiger partial charge on any atom is 2.00 e. The van der Waals surface area contributed by atoms with E-state index < -0.39 is 17.4 Å². The summed E-state index contributed by atoms with van der Waals surface area (Å²) < 4.78 is 0. The third-order valence-electron chi connectivity index (χ3n) is 6.70. The van der Waals surface area contributed by atoms with E-state index >= 15 is 0 Å². The second-order valence-corrected chi connectivity index (χ2v) is 9.52. The maximum absolute atomic E-state index is 11.7. The number of carbonyl (C=O) groups excluding carboxylic acids is 2. The zero-order valence-corrected chi connectivity index (χ0v) is 22.8. The summed E-state index contributed by atoms with van der Waals surface area (Å²) in [6, 6.07) is 0. The Hall–Kier alpha value is -0.294. The first-order valence-corrected chi connectivity index (χ1v) is 13.4. The minimum atomic E-state index is -1.81. The van der Waals surface area contributed by atoms with Gasteiger partial charge in [-0.3, -0.25) is 0 Å². The molecule has 0 aromatic heterocycles. The van der Waals surface area contributed by atoms with E-state index in [-0.39, 0.29) is 35.9 Å². The van der Waals surface area contributed by atoms with Gasteiger partial charge in [0.15, 0.2) is 0 Å². The molecule has 0 heterocycles. The predicted octanol–water partition coefficient (Wildman–Crippen LogP) is 5.71. The molecule has 0 saturated heterocycles. The van der Waals surface area contributed by atoms with Gasteiger partial charge in [-0.2, -0.15) is 0 Å². The van der Waals surface area contributed by atoms with E-state index in [4.69, 9.17) is 0 Å². The number of carboxylic acids is 2. The molecule has 5 heteroatoms. The van der Waals surface area contributed by atoms with Crippen LogP contribution in [0.2, 0.25) is 0 Å². The van der Waals surface area contributed by atoms with Crippen molar-refractivity contribution in [2.24, 2.45) is 5.41 Å². The van der Waals surface area contributed by atoms with Crippen LogP contribution in [0.25, 0.3) is 0 Å². The van der Waals surface area contributed by atoms with Crippen molar-refractivity contribution in [3.8, 4) is 0 Å². The SMILES string of the molecule is CCCCCCCCCCCCC(CCCCCCCCCCCC)(C(=O)[O-])C(=O)[O-].[Mg+2]. The molecule has 0 aliphatic rings. The van der Waals surface area contributed by atoms with Gasteiger partial charge in [0.25, 0.3) is 0 Å². The van der Waals surface area contributed by atoms with Crippen molar-refractivity contribution in [3.05, 3.63) is 0 Å². The molecule has 0 bridgehead atoms. The Bertz CT molecular complexity index is 399. The Morgan fingerprint density at radius 1 is 0.469 bits per heavy atom. The third kappa shape index (κ3) is 17.2. The molecule has 0 amide bonds. The first-order valence-electron chi connectivity index (χ1n) is 13.4. The Morgan fingerprint density at radius 2 is 0.688 bits per heavy atom. The fourth-order valence-corrected chi connectivity index (χ4v) is 4.45. The second kappa shape index (κ2) is 23.9. The number of aliphatic carboxylic acids is 2. The van der Waals surface area contributed by atoms with Crippen molar-refractivity contribution in [2.75, 3.05) is 0 Å². The Kier molecular flexibility index (Phi) is 25.2. The molecule has 0 aliphatic carbocycles. The van der Waals surface area contributed by atoms with Crippen LogP contribution in [0.15, 0.2) is 0 Å². The van der Waals surface area contributed by atoms with Crippen LogP contribution in [-0.2, 0) is 9.59 Å². The molecule has 0 radical (unpaired) electrons. The number of carbonyl (C=O) groups is 2. The van der Waals surface area contributed by atoms with Crippen LogP contribution < -0.4 is 10.2 Å².